The molecule has 25 heavy (non-hydrogen) atoms. The summed E-state index contributed by atoms with van der Waals surface area (Å²) < 4.78 is 15.8. The Balaban J connectivity index is 0.00000225. The van der Waals surface area contributed by atoms with E-state index in [1.165, 1.54) is 12.8 Å². The summed E-state index contributed by atoms with van der Waals surface area (Å²) in [7, 11) is 1.71. The number of hydrogen-bond acceptors (Lipinski definition) is 3. The number of guanidine groups is 1. The fourth-order valence-electron chi connectivity index (χ4n) is 2.81. The van der Waals surface area contributed by atoms with E-state index in [0.29, 0.717) is 24.6 Å². The third kappa shape index (κ3) is 4.90. The van der Waals surface area contributed by atoms with Crippen molar-refractivity contribution in [3.8, 4) is 0 Å². The molecule has 2 aromatic rings. The molecular formula is C17H24FIN6. The zero-order valence-corrected chi connectivity index (χ0v) is 16.9. The van der Waals surface area contributed by atoms with Crippen molar-refractivity contribution in [2.75, 3.05) is 7.05 Å². The minimum Gasteiger partial charge on any atom is -0.352 e. The lowest BCUT2D eigenvalue weighted by molar-refractivity contribution is 0.504. The summed E-state index contributed by atoms with van der Waals surface area (Å²) in [6.45, 7) is 3.81. The fraction of sp³-hybridized carbons (Fsp3) is 0.471. The van der Waals surface area contributed by atoms with Crippen molar-refractivity contribution >= 4 is 29.9 Å². The predicted molar refractivity (Wildman–Crippen MR) is 107 cm³/mol. The van der Waals surface area contributed by atoms with Crippen molar-refractivity contribution in [3.05, 3.63) is 46.8 Å². The van der Waals surface area contributed by atoms with Gasteiger partial charge in [0.15, 0.2) is 11.8 Å². The number of aryl methyl sites for hydroxylation is 2. The first kappa shape index (κ1) is 19.6. The summed E-state index contributed by atoms with van der Waals surface area (Å²) in [5.41, 5.74) is 1.53. The molecule has 0 saturated carbocycles. The molecule has 0 spiro atoms. The topological polar surface area (TPSA) is 67.1 Å². The molecule has 0 unspecified atom stereocenters. The van der Waals surface area contributed by atoms with Crippen LogP contribution >= 0.6 is 24.0 Å². The average Bonchev–Trinajstić information content (AvgIpc) is 3.01. The van der Waals surface area contributed by atoms with Gasteiger partial charge in [-0.05, 0) is 37.0 Å². The van der Waals surface area contributed by atoms with E-state index in [9.17, 15) is 4.39 Å². The molecule has 2 N–H and O–H groups in total. The molecule has 8 heteroatoms. The van der Waals surface area contributed by atoms with Crippen LogP contribution in [0.1, 0.15) is 35.6 Å². The SMILES string of the molecule is CN=C(NCc1ccc(C)c(F)c1)NCc1nnc2n1CCCC2.I. The summed E-state index contributed by atoms with van der Waals surface area (Å²) in [6.07, 6.45) is 3.35. The minimum absolute atomic E-state index is 0. The number of aliphatic imine (C=N–C) groups is 1. The largest absolute Gasteiger partial charge is 0.352 e. The Morgan fingerprint density at radius 3 is 2.80 bits per heavy atom. The molecule has 0 atom stereocenters. The maximum absolute atomic E-state index is 13.6. The van der Waals surface area contributed by atoms with Gasteiger partial charge in [0.1, 0.15) is 11.6 Å². The average molecular weight is 458 g/mol. The van der Waals surface area contributed by atoms with E-state index in [1.807, 2.05) is 6.07 Å². The van der Waals surface area contributed by atoms with Gasteiger partial charge in [-0.15, -0.1) is 34.2 Å². The van der Waals surface area contributed by atoms with E-state index in [2.05, 4.69) is 30.4 Å². The molecule has 0 saturated heterocycles. The molecule has 0 amide bonds. The lowest BCUT2D eigenvalue weighted by Gasteiger charge is -2.16. The Morgan fingerprint density at radius 1 is 1.24 bits per heavy atom. The second-order valence-electron chi connectivity index (χ2n) is 6.00. The quantitative estimate of drug-likeness (QED) is 0.420. The summed E-state index contributed by atoms with van der Waals surface area (Å²) in [6, 6.07) is 5.24. The number of aromatic nitrogens is 3. The highest BCUT2D eigenvalue weighted by atomic mass is 127. The van der Waals surface area contributed by atoms with Crippen LogP contribution in [0, 0.1) is 12.7 Å². The predicted octanol–water partition coefficient (Wildman–Crippen LogP) is 2.55. The maximum Gasteiger partial charge on any atom is 0.191 e. The Kier molecular flexibility index (Phi) is 7.15. The second kappa shape index (κ2) is 9.12. The van der Waals surface area contributed by atoms with Gasteiger partial charge in [-0.2, -0.15) is 0 Å². The molecule has 2 heterocycles. The molecule has 6 nitrogen and oxygen atoms in total. The van der Waals surface area contributed by atoms with Crippen LogP contribution < -0.4 is 10.6 Å². The number of nitrogens with one attached hydrogen (secondary N) is 2. The van der Waals surface area contributed by atoms with E-state index in [0.717, 1.165) is 30.2 Å². The first-order valence-corrected chi connectivity index (χ1v) is 8.28. The molecule has 1 aliphatic heterocycles. The molecule has 1 aliphatic rings. The van der Waals surface area contributed by atoms with Crippen molar-refractivity contribution in [2.45, 2.75) is 45.8 Å². The Hall–Kier alpha value is -1.71. The number of hydrogen-bond donors (Lipinski definition) is 2. The Morgan fingerprint density at radius 2 is 2.04 bits per heavy atom. The summed E-state index contributed by atoms with van der Waals surface area (Å²) >= 11 is 0. The van der Waals surface area contributed by atoms with Gasteiger partial charge < -0.3 is 15.2 Å². The summed E-state index contributed by atoms with van der Waals surface area (Å²) in [5, 5.41) is 14.9. The van der Waals surface area contributed by atoms with Gasteiger partial charge in [0.2, 0.25) is 0 Å². The fourth-order valence-corrected chi connectivity index (χ4v) is 2.81. The Labute approximate surface area is 164 Å². The lowest BCUT2D eigenvalue weighted by atomic mass is 10.1. The van der Waals surface area contributed by atoms with Gasteiger partial charge in [-0.3, -0.25) is 4.99 Å². The lowest BCUT2D eigenvalue weighted by Crippen LogP contribution is -2.37. The normalized spacial score (nSPS) is 13.8. The molecule has 0 radical (unpaired) electrons. The van der Waals surface area contributed by atoms with Gasteiger partial charge in [0.25, 0.3) is 0 Å². The van der Waals surface area contributed by atoms with E-state index in [4.69, 9.17) is 0 Å². The van der Waals surface area contributed by atoms with Crippen molar-refractivity contribution in [2.24, 2.45) is 4.99 Å². The van der Waals surface area contributed by atoms with Crippen molar-refractivity contribution in [3.63, 3.8) is 0 Å². The third-order valence-corrected chi connectivity index (χ3v) is 4.27. The number of fused-ring (bicyclic) bond motifs is 1. The standard InChI is InChI=1S/C17H23FN6.HI/c1-12-6-7-13(9-14(12)18)10-20-17(19-2)21-11-16-23-22-15-5-3-4-8-24(15)16;/h6-7,9H,3-5,8,10-11H2,1-2H3,(H2,19,20,21);1H. The molecule has 136 valence electrons. The highest BCUT2D eigenvalue weighted by Gasteiger charge is 2.15. The highest BCUT2D eigenvalue weighted by Crippen LogP contribution is 2.14. The zero-order valence-electron chi connectivity index (χ0n) is 14.5. The summed E-state index contributed by atoms with van der Waals surface area (Å²) in [5.74, 6) is 2.46. The zero-order chi connectivity index (χ0) is 16.9. The van der Waals surface area contributed by atoms with Crippen molar-refractivity contribution < 1.29 is 4.39 Å². The number of nitrogens with zero attached hydrogens (tertiary/aromatic N) is 4. The van der Waals surface area contributed by atoms with Gasteiger partial charge in [0, 0.05) is 26.6 Å². The van der Waals surface area contributed by atoms with Crippen LogP contribution in [-0.4, -0.2) is 27.8 Å². The van der Waals surface area contributed by atoms with Crippen molar-refractivity contribution in [1.82, 2.24) is 25.4 Å². The van der Waals surface area contributed by atoms with Crippen LogP contribution in [0.3, 0.4) is 0 Å². The number of benzene rings is 1. The molecule has 0 fully saturated rings. The molecule has 3 rings (SSSR count). The molecule has 1 aromatic carbocycles. The van der Waals surface area contributed by atoms with Crippen LogP contribution in [0.25, 0.3) is 0 Å². The smallest absolute Gasteiger partial charge is 0.191 e. The highest BCUT2D eigenvalue weighted by molar-refractivity contribution is 14.0. The number of halogens is 2. The molecule has 0 bridgehead atoms. The van der Waals surface area contributed by atoms with Crippen LogP contribution in [0.2, 0.25) is 0 Å². The first-order valence-electron chi connectivity index (χ1n) is 8.28. The minimum atomic E-state index is -0.188. The second-order valence-corrected chi connectivity index (χ2v) is 6.00. The van der Waals surface area contributed by atoms with Crippen molar-refractivity contribution in [1.29, 1.82) is 0 Å². The van der Waals surface area contributed by atoms with Crippen LogP contribution in [0.15, 0.2) is 23.2 Å². The van der Waals surface area contributed by atoms with E-state index >= 15 is 0 Å². The molecular weight excluding hydrogens is 434 g/mol. The monoisotopic (exact) mass is 458 g/mol. The van der Waals surface area contributed by atoms with Crippen LogP contribution in [-0.2, 0) is 26.1 Å². The first-order chi connectivity index (χ1) is 11.7. The van der Waals surface area contributed by atoms with Gasteiger partial charge >= 0.3 is 0 Å². The Bertz CT molecular complexity index is 743. The molecule has 1 aromatic heterocycles. The van der Waals surface area contributed by atoms with Crippen LogP contribution in [0.4, 0.5) is 4.39 Å². The maximum atomic E-state index is 13.6. The van der Waals surface area contributed by atoms with E-state index in [1.54, 1.807) is 26.1 Å². The van der Waals surface area contributed by atoms with Gasteiger partial charge in [0.05, 0.1) is 6.54 Å². The van der Waals surface area contributed by atoms with E-state index < -0.39 is 0 Å². The van der Waals surface area contributed by atoms with Crippen LogP contribution in [0.5, 0.6) is 0 Å². The third-order valence-electron chi connectivity index (χ3n) is 4.27. The van der Waals surface area contributed by atoms with Gasteiger partial charge in [-0.25, -0.2) is 4.39 Å². The molecule has 0 aliphatic carbocycles. The van der Waals surface area contributed by atoms with E-state index in [-0.39, 0.29) is 29.8 Å². The number of rotatable bonds is 4. The summed E-state index contributed by atoms with van der Waals surface area (Å²) in [4.78, 5) is 4.20. The van der Waals surface area contributed by atoms with Gasteiger partial charge in [-0.1, -0.05) is 12.1 Å².